The molecule has 172 valence electrons. The third kappa shape index (κ3) is 4.20. The summed E-state index contributed by atoms with van der Waals surface area (Å²) >= 11 is 0. The summed E-state index contributed by atoms with van der Waals surface area (Å²) in [4.78, 5) is 15.0. The second kappa shape index (κ2) is 9.15. The topological polar surface area (TPSA) is 73.9 Å². The highest BCUT2D eigenvalue weighted by Gasteiger charge is 2.48. The number of furan rings is 1. The number of nitrogens with zero attached hydrogens (tertiary/aromatic N) is 1. The summed E-state index contributed by atoms with van der Waals surface area (Å²) in [6.07, 6.45) is 1.69. The summed E-state index contributed by atoms with van der Waals surface area (Å²) in [7, 11) is 0. The van der Waals surface area contributed by atoms with Crippen LogP contribution in [0.3, 0.4) is 0 Å². The van der Waals surface area contributed by atoms with Gasteiger partial charge in [0.25, 0.3) is 0 Å². The van der Waals surface area contributed by atoms with Gasteiger partial charge in [0.1, 0.15) is 17.3 Å². The molecule has 1 fully saturated rings. The van der Waals surface area contributed by atoms with Gasteiger partial charge in [-0.15, -0.1) is 0 Å². The molecule has 6 heteroatoms. The Morgan fingerprint density at radius 1 is 0.941 bits per heavy atom. The lowest BCUT2D eigenvalue weighted by atomic mass is 9.78. The lowest BCUT2D eigenvalue weighted by Gasteiger charge is -2.48. The highest BCUT2D eigenvalue weighted by atomic mass is 19.1. The molecule has 0 bridgehead atoms. The number of aliphatic hydroxyl groups is 1. The maximum absolute atomic E-state index is 13.2. The van der Waals surface area contributed by atoms with Crippen molar-refractivity contribution in [1.82, 2.24) is 0 Å². The van der Waals surface area contributed by atoms with Crippen molar-refractivity contribution < 1.29 is 23.8 Å². The number of aliphatic hydroxyl groups excluding tert-OH is 1. The van der Waals surface area contributed by atoms with Gasteiger partial charge in [-0.25, -0.2) is 4.39 Å². The Hall–Kier alpha value is -3.90. The van der Waals surface area contributed by atoms with Crippen LogP contribution >= 0.6 is 0 Å². The van der Waals surface area contributed by atoms with Gasteiger partial charge in [-0.1, -0.05) is 24.3 Å². The van der Waals surface area contributed by atoms with Gasteiger partial charge in [-0.05, 0) is 84.6 Å². The van der Waals surface area contributed by atoms with E-state index in [0.717, 1.165) is 22.6 Å². The highest BCUT2D eigenvalue weighted by Crippen LogP contribution is 2.46. The van der Waals surface area contributed by atoms with Crippen molar-refractivity contribution >= 4 is 11.6 Å². The molecule has 2 N–H and O–H groups in total. The second-order valence-corrected chi connectivity index (χ2v) is 8.52. The Bertz CT molecular complexity index is 1250. The molecular weight excluding hydrogens is 433 g/mol. The van der Waals surface area contributed by atoms with E-state index in [9.17, 15) is 19.4 Å². The van der Waals surface area contributed by atoms with Gasteiger partial charge >= 0.3 is 0 Å². The van der Waals surface area contributed by atoms with Crippen molar-refractivity contribution in [2.45, 2.75) is 25.0 Å². The van der Waals surface area contributed by atoms with Crippen molar-refractivity contribution in [3.05, 3.63) is 108 Å². The van der Waals surface area contributed by atoms with Crippen LogP contribution in [0.1, 0.15) is 36.1 Å². The molecule has 0 spiro atoms. The molecule has 1 saturated heterocycles. The fourth-order valence-corrected chi connectivity index (χ4v) is 4.59. The maximum atomic E-state index is 13.2. The molecule has 5 rings (SSSR count). The number of carbonyl (C=O) groups is 1. The lowest BCUT2D eigenvalue weighted by Crippen LogP contribution is -2.55. The number of carbonyl (C=O) groups excluding carboxylic acids is 1. The number of rotatable bonds is 7. The fraction of sp³-hybridized carbons (Fsp3) is 0.179. The number of halogens is 1. The summed E-state index contributed by atoms with van der Waals surface area (Å²) in [6.45, 7) is 0. The van der Waals surface area contributed by atoms with E-state index in [2.05, 4.69) is 0 Å². The Labute approximate surface area is 196 Å². The van der Waals surface area contributed by atoms with Crippen LogP contribution < -0.4 is 4.90 Å². The SMILES string of the molecule is O=C1[C@H](CC[C@H](O)c2ccc(F)cc2)[C@@H](c2ccc(O)cc2)N1c1ccc(-c2ccco2)cc1. The van der Waals surface area contributed by atoms with Crippen molar-refractivity contribution in [3.8, 4) is 17.1 Å². The molecule has 3 atom stereocenters. The molecule has 1 aromatic heterocycles. The van der Waals surface area contributed by atoms with Crippen LogP contribution in [0.25, 0.3) is 11.3 Å². The molecule has 1 amide bonds. The van der Waals surface area contributed by atoms with Crippen LogP contribution in [0.15, 0.2) is 95.6 Å². The van der Waals surface area contributed by atoms with Gasteiger partial charge in [0, 0.05) is 11.3 Å². The van der Waals surface area contributed by atoms with Crippen LogP contribution in [0.4, 0.5) is 10.1 Å². The highest BCUT2D eigenvalue weighted by molar-refractivity contribution is 6.03. The quantitative estimate of drug-likeness (QED) is 0.333. The first-order chi connectivity index (χ1) is 16.5. The van der Waals surface area contributed by atoms with Gasteiger partial charge in [0.2, 0.25) is 5.91 Å². The first-order valence-electron chi connectivity index (χ1n) is 11.2. The fourth-order valence-electron chi connectivity index (χ4n) is 4.59. The average molecular weight is 458 g/mol. The van der Waals surface area contributed by atoms with Crippen LogP contribution in [-0.2, 0) is 4.79 Å². The Kier molecular flexibility index (Phi) is 5.90. The summed E-state index contributed by atoms with van der Waals surface area (Å²) in [5, 5.41) is 20.3. The molecule has 0 unspecified atom stereocenters. The van der Waals surface area contributed by atoms with Crippen molar-refractivity contribution in [3.63, 3.8) is 0 Å². The molecule has 34 heavy (non-hydrogen) atoms. The predicted octanol–water partition coefficient (Wildman–Crippen LogP) is 6.01. The number of hydrogen-bond acceptors (Lipinski definition) is 4. The van der Waals surface area contributed by atoms with E-state index < -0.39 is 6.10 Å². The van der Waals surface area contributed by atoms with Gasteiger partial charge in [0.15, 0.2) is 0 Å². The average Bonchev–Trinajstić information content (AvgIpc) is 3.39. The van der Waals surface area contributed by atoms with Crippen LogP contribution in [0.5, 0.6) is 5.75 Å². The number of amides is 1. The Morgan fingerprint density at radius 2 is 1.65 bits per heavy atom. The van der Waals surface area contributed by atoms with E-state index in [-0.39, 0.29) is 29.4 Å². The molecule has 0 aliphatic carbocycles. The van der Waals surface area contributed by atoms with Gasteiger partial charge < -0.3 is 19.5 Å². The van der Waals surface area contributed by atoms with Crippen LogP contribution in [0.2, 0.25) is 0 Å². The van der Waals surface area contributed by atoms with Crippen LogP contribution in [0, 0.1) is 11.7 Å². The summed E-state index contributed by atoms with van der Waals surface area (Å²) in [5.74, 6) is 0.224. The zero-order chi connectivity index (χ0) is 23.7. The van der Waals surface area contributed by atoms with Gasteiger partial charge in [-0.2, -0.15) is 0 Å². The molecule has 3 aromatic carbocycles. The Balaban J connectivity index is 1.37. The minimum atomic E-state index is -0.782. The van der Waals surface area contributed by atoms with E-state index in [0.29, 0.717) is 18.4 Å². The number of benzene rings is 3. The minimum Gasteiger partial charge on any atom is -0.508 e. The van der Waals surface area contributed by atoms with Crippen molar-refractivity contribution in [2.24, 2.45) is 5.92 Å². The molecule has 4 aromatic rings. The number of aromatic hydroxyl groups is 1. The molecular formula is C28H24FNO4. The molecule has 0 radical (unpaired) electrons. The molecule has 1 aliphatic rings. The van der Waals surface area contributed by atoms with Gasteiger partial charge in [-0.3, -0.25) is 4.79 Å². The van der Waals surface area contributed by atoms with Crippen molar-refractivity contribution in [1.29, 1.82) is 0 Å². The number of phenols is 1. The number of β-lactam (4-membered cyclic amide) rings is 1. The largest absolute Gasteiger partial charge is 0.508 e. The maximum Gasteiger partial charge on any atom is 0.233 e. The Morgan fingerprint density at radius 3 is 2.29 bits per heavy atom. The number of anilines is 1. The third-order valence-electron chi connectivity index (χ3n) is 6.41. The number of hydrogen-bond donors (Lipinski definition) is 2. The summed E-state index contributed by atoms with van der Waals surface area (Å²) in [6, 6.07) is 23.7. The van der Waals surface area contributed by atoms with E-state index >= 15 is 0 Å². The monoisotopic (exact) mass is 457 g/mol. The van der Waals surface area contributed by atoms with E-state index in [1.807, 2.05) is 48.5 Å². The predicted molar refractivity (Wildman–Crippen MR) is 127 cm³/mol. The first-order valence-corrected chi connectivity index (χ1v) is 11.2. The van der Waals surface area contributed by atoms with Gasteiger partial charge in [0.05, 0.1) is 24.3 Å². The van der Waals surface area contributed by atoms with E-state index in [1.54, 1.807) is 35.4 Å². The summed E-state index contributed by atoms with van der Waals surface area (Å²) in [5.41, 5.74) is 3.23. The molecule has 2 heterocycles. The first kappa shape index (κ1) is 21.9. The standard InChI is InChI=1S/C28H24FNO4/c29-21-9-3-18(4-10-21)25(32)16-15-24-27(20-7-13-23(31)14-8-20)30(28(24)33)22-11-5-19(6-12-22)26-2-1-17-34-26/h1-14,17,24-25,27,31-32H,15-16H2/t24-,25+,27-/m1/s1. The third-order valence-corrected chi connectivity index (χ3v) is 6.41. The summed E-state index contributed by atoms with van der Waals surface area (Å²) < 4.78 is 18.6. The molecule has 0 saturated carbocycles. The lowest BCUT2D eigenvalue weighted by molar-refractivity contribution is -0.131. The zero-order valence-electron chi connectivity index (χ0n) is 18.3. The minimum absolute atomic E-state index is 0.0184. The molecule has 5 nitrogen and oxygen atoms in total. The van der Waals surface area contributed by atoms with Crippen LogP contribution in [-0.4, -0.2) is 16.1 Å². The van der Waals surface area contributed by atoms with E-state index in [1.165, 1.54) is 12.1 Å². The van der Waals surface area contributed by atoms with Crippen molar-refractivity contribution in [2.75, 3.05) is 4.90 Å². The smallest absolute Gasteiger partial charge is 0.233 e. The number of phenolic OH excluding ortho intramolecular Hbond substituents is 1. The van der Waals surface area contributed by atoms with E-state index in [4.69, 9.17) is 4.42 Å². The normalized spacial score (nSPS) is 18.5. The molecule has 1 aliphatic heterocycles. The zero-order valence-corrected chi connectivity index (χ0v) is 18.3. The second-order valence-electron chi connectivity index (χ2n) is 8.52.